The van der Waals surface area contributed by atoms with E-state index in [1.54, 1.807) is 19.2 Å². The summed E-state index contributed by atoms with van der Waals surface area (Å²) < 4.78 is 0. The number of aromatic nitrogens is 1. The minimum Gasteiger partial charge on any atom is -0.362 e. The van der Waals surface area contributed by atoms with Crippen LogP contribution in [0.5, 0.6) is 0 Å². The lowest BCUT2D eigenvalue weighted by molar-refractivity contribution is -0.384. The smallest absolute Gasteiger partial charge is 0.314 e. The molecule has 5 nitrogen and oxygen atoms in total. The summed E-state index contributed by atoms with van der Waals surface area (Å²) in [5, 5.41) is 14.5. The van der Waals surface area contributed by atoms with E-state index >= 15 is 0 Å². The van der Waals surface area contributed by atoms with E-state index in [2.05, 4.69) is 17.2 Å². The predicted octanol–water partition coefficient (Wildman–Crippen LogP) is 3.53. The quantitative estimate of drug-likeness (QED) is 0.674. The van der Waals surface area contributed by atoms with Gasteiger partial charge in [-0.1, -0.05) is 6.42 Å². The van der Waals surface area contributed by atoms with Crippen LogP contribution >= 0.6 is 0 Å². The lowest BCUT2D eigenvalue weighted by Gasteiger charge is -2.28. The molecular formula is C15H21N3O2. The fourth-order valence-electron chi connectivity index (χ4n) is 4.12. The molecule has 0 aromatic carbocycles. The molecule has 1 heterocycles. The highest BCUT2D eigenvalue weighted by Gasteiger charge is 2.42. The summed E-state index contributed by atoms with van der Waals surface area (Å²) in [6.45, 7) is 3.90. The Morgan fingerprint density at radius 3 is 2.85 bits per heavy atom. The van der Waals surface area contributed by atoms with Crippen LogP contribution in [0.25, 0.3) is 0 Å². The van der Waals surface area contributed by atoms with E-state index in [0.717, 1.165) is 11.8 Å². The van der Waals surface area contributed by atoms with Crippen molar-refractivity contribution in [3.8, 4) is 0 Å². The van der Waals surface area contributed by atoms with Crippen molar-refractivity contribution in [1.82, 2.24) is 4.98 Å². The average Bonchev–Trinajstić information content (AvgIpc) is 3.00. The number of pyridine rings is 1. The summed E-state index contributed by atoms with van der Waals surface area (Å²) in [6.07, 6.45) is 6.94. The molecule has 3 rings (SSSR count). The Kier molecular flexibility index (Phi) is 3.36. The lowest BCUT2D eigenvalue weighted by Crippen LogP contribution is -2.30. The van der Waals surface area contributed by atoms with Crippen molar-refractivity contribution in [2.75, 3.05) is 5.32 Å². The highest BCUT2D eigenvalue weighted by Crippen LogP contribution is 2.50. The van der Waals surface area contributed by atoms with Gasteiger partial charge in [0, 0.05) is 17.8 Å². The molecule has 2 aliphatic carbocycles. The van der Waals surface area contributed by atoms with Gasteiger partial charge in [0.05, 0.1) is 4.92 Å². The molecule has 0 aliphatic heterocycles. The van der Waals surface area contributed by atoms with Crippen LogP contribution < -0.4 is 5.32 Å². The molecule has 5 heteroatoms. The molecule has 0 saturated heterocycles. The molecule has 1 aromatic rings. The monoisotopic (exact) mass is 275 g/mol. The summed E-state index contributed by atoms with van der Waals surface area (Å²) in [4.78, 5) is 15.0. The predicted molar refractivity (Wildman–Crippen MR) is 77.7 cm³/mol. The molecule has 0 radical (unpaired) electrons. The third kappa shape index (κ3) is 2.25. The molecule has 2 fully saturated rings. The van der Waals surface area contributed by atoms with Gasteiger partial charge in [0.15, 0.2) is 0 Å². The maximum absolute atomic E-state index is 11.2. The summed E-state index contributed by atoms with van der Waals surface area (Å²) in [6, 6.07) is 1.93. The second-order valence-electron chi connectivity index (χ2n) is 6.35. The third-order valence-corrected chi connectivity index (χ3v) is 5.11. The molecule has 20 heavy (non-hydrogen) atoms. The van der Waals surface area contributed by atoms with Crippen molar-refractivity contribution in [3.05, 3.63) is 27.9 Å². The van der Waals surface area contributed by atoms with Gasteiger partial charge in [-0.15, -0.1) is 0 Å². The van der Waals surface area contributed by atoms with E-state index in [9.17, 15) is 10.1 Å². The van der Waals surface area contributed by atoms with Gasteiger partial charge in [-0.05, 0) is 56.9 Å². The fourth-order valence-corrected chi connectivity index (χ4v) is 4.12. The summed E-state index contributed by atoms with van der Waals surface area (Å²) >= 11 is 0. The molecule has 2 bridgehead atoms. The standard InChI is InChI=1S/C15H21N3O2/c1-9-5-6-16-15(14(9)18(19)20)17-10(2)13-8-11-3-4-12(13)7-11/h5-6,10-13H,3-4,7-8H2,1-2H3,(H,16,17). The maximum Gasteiger partial charge on any atom is 0.314 e. The largest absolute Gasteiger partial charge is 0.362 e. The Morgan fingerprint density at radius 2 is 2.25 bits per heavy atom. The number of fused-ring (bicyclic) bond motifs is 2. The zero-order valence-electron chi connectivity index (χ0n) is 12.0. The van der Waals surface area contributed by atoms with E-state index in [1.165, 1.54) is 25.7 Å². The minimum atomic E-state index is -0.335. The Bertz CT molecular complexity index is 532. The van der Waals surface area contributed by atoms with Crippen LogP contribution in [0.1, 0.15) is 38.2 Å². The first-order chi connectivity index (χ1) is 9.56. The number of rotatable bonds is 4. The number of nitrogens with zero attached hydrogens (tertiary/aromatic N) is 2. The third-order valence-electron chi connectivity index (χ3n) is 5.11. The normalized spacial score (nSPS) is 29.4. The van der Waals surface area contributed by atoms with E-state index in [0.29, 0.717) is 17.3 Å². The van der Waals surface area contributed by atoms with Crippen molar-refractivity contribution in [2.24, 2.45) is 17.8 Å². The van der Waals surface area contributed by atoms with Gasteiger partial charge < -0.3 is 5.32 Å². The Hall–Kier alpha value is -1.65. The summed E-state index contributed by atoms with van der Waals surface area (Å²) in [5.74, 6) is 2.74. The van der Waals surface area contributed by atoms with Crippen LogP contribution in [0.3, 0.4) is 0 Å². The number of hydrogen-bond donors (Lipinski definition) is 1. The van der Waals surface area contributed by atoms with Gasteiger partial charge in [0.1, 0.15) is 0 Å². The van der Waals surface area contributed by atoms with Gasteiger partial charge in [-0.2, -0.15) is 0 Å². The molecular weight excluding hydrogens is 254 g/mol. The number of hydrogen-bond acceptors (Lipinski definition) is 4. The van der Waals surface area contributed by atoms with Crippen molar-refractivity contribution < 1.29 is 4.92 Å². The molecule has 1 aromatic heterocycles. The van der Waals surface area contributed by atoms with Crippen molar-refractivity contribution in [2.45, 2.75) is 45.6 Å². The van der Waals surface area contributed by atoms with Gasteiger partial charge in [-0.25, -0.2) is 4.98 Å². The van der Waals surface area contributed by atoms with E-state index in [-0.39, 0.29) is 16.7 Å². The molecule has 0 amide bonds. The average molecular weight is 275 g/mol. The molecule has 4 atom stereocenters. The maximum atomic E-state index is 11.2. The van der Waals surface area contributed by atoms with Crippen molar-refractivity contribution in [3.63, 3.8) is 0 Å². The summed E-state index contributed by atoms with van der Waals surface area (Å²) in [5.41, 5.74) is 0.773. The van der Waals surface area contributed by atoms with Crippen molar-refractivity contribution in [1.29, 1.82) is 0 Å². The van der Waals surface area contributed by atoms with E-state index in [1.807, 2.05) is 0 Å². The van der Waals surface area contributed by atoms with Gasteiger partial charge in [0.2, 0.25) is 5.82 Å². The molecule has 2 aliphatic rings. The zero-order valence-corrected chi connectivity index (χ0v) is 12.0. The molecule has 2 saturated carbocycles. The molecule has 108 valence electrons. The first-order valence-electron chi connectivity index (χ1n) is 7.42. The highest BCUT2D eigenvalue weighted by atomic mass is 16.6. The zero-order chi connectivity index (χ0) is 14.3. The first-order valence-corrected chi connectivity index (χ1v) is 7.42. The Labute approximate surface area is 118 Å². The number of aryl methyl sites for hydroxylation is 1. The van der Waals surface area contributed by atoms with Crippen LogP contribution in [0.15, 0.2) is 12.3 Å². The van der Waals surface area contributed by atoms with Gasteiger partial charge in [0.25, 0.3) is 0 Å². The molecule has 0 spiro atoms. The Balaban J connectivity index is 1.78. The second kappa shape index (κ2) is 5.04. The van der Waals surface area contributed by atoms with E-state index in [4.69, 9.17) is 0 Å². The lowest BCUT2D eigenvalue weighted by atomic mass is 9.84. The minimum absolute atomic E-state index is 0.113. The van der Waals surface area contributed by atoms with Gasteiger partial charge >= 0.3 is 5.69 Å². The van der Waals surface area contributed by atoms with Crippen molar-refractivity contribution >= 4 is 11.5 Å². The van der Waals surface area contributed by atoms with Crippen LogP contribution in [-0.2, 0) is 0 Å². The first kappa shape index (κ1) is 13.3. The molecule has 4 unspecified atom stereocenters. The number of nitro groups is 1. The highest BCUT2D eigenvalue weighted by molar-refractivity contribution is 5.60. The van der Waals surface area contributed by atoms with Gasteiger partial charge in [-0.3, -0.25) is 10.1 Å². The SMILES string of the molecule is Cc1ccnc(NC(C)C2CC3CCC2C3)c1[N+](=O)[O-]. The second-order valence-corrected chi connectivity index (χ2v) is 6.35. The Morgan fingerprint density at radius 1 is 1.45 bits per heavy atom. The van der Waals surface area contributed by atoms with Crippen LogP contribution in [0, 0.1) is 34.8 Å². The van der Waals surface area contributed by atoms with Crippen LogP contribution in [0.2, 0.25) is 0 Å². The number of nitrogens with one attached hydrogen (secondary N) is 1. The van der Waals surface area contributed by atoms with E-state index < -0.39 is 0 Å². The van der Waals surface area contributed by atoms with Crippen LogP contribution in [0.4, 0.5) is 11.5 Å². The number of anilines is 1. The fraction of sp³-hybridized carbons (Fsp3) is 0.667. The summed E-state index contributed by atoms with van der Waals surface area (Å²) in [7, 11) is 0. The molecule has 1 N–H and O–H groups in total. The van der Waals surface area contributed by atoms with Crippen LogP contribution in [-0.4, -0.2) is 15.9 Å². The topological polar surface area (TPSA) is 68.1 Å².